The fraction of sp³-hybridized carbons (Fsp3) is 0. The maximum Gasteiger partial charge on any atom is 1.00 e. The number of halogens is 4. The van der Waals surface area contributed by atoms with Crippen LogP contribution in [-0.2, 0) is 0 Å². The summed E-state index contributed by atoms with van der Waals surface area (Å²) in [5, 5.41) is 0. The van der Waals surface area contributed by atoms with E-state index in [0.717, 1.165) is 0 Å². The van der Waals surface area contributed by atoms with Crippen molar-refractivity contribution >= 4 is 7.54 Å². The van der Waals surface area contributed by atoms with Crippen LogP contribution in [0.4, 0.5) is 17.3 Å². The molecule has 0 saturated carbocycles. The third kappa shape index (κ3) is 10.4. The van der Waals surface area contributed by atoms with Gasteiger partial charge in [-0.05, 0) is 0 Å². The number of hydrogen-bond donors (Lipinski definition) is 0. The molecule has 0 spiro atoms. The van der Waals surface area contributed by atoms with Crippen LogP contribution in [0, 0.1) is 12.7 Å². The average Bonchev–Trinajstić information content (AvgIpc) is 1.94. The third-order valence-corrected chi connectivity index (χ3v) is 0.958. The van der Waals surface area contributed by atoms with Gasteiger partial charge in [-0.2, -0.15) is 18.6 Å². The zero-order valence-electron chi connectivity index (χ0n) is 7.11. The van der Waals surface area contributed by atoms with Gasteiger partial charge in [-0.3, -0.25) is 17.3 Å². The molecule has 0 aliphatic heterocycles. The Labute approximate surface area is 117 Å². The van der Waals surface area contributed by atoms with Crippen molar-refractivity contribution in [2.75, 3.05) is 0 Å². The van der Waals surface area contributed by atoms with Crippen LogP contribution in [0.3, 0.4) is 0 Å². The van der Waals surface area contributed by atoms with E-state index in [4.69, 9.17) is 0 Å². The van der Waals surface area contributed by atoms with E-state index in [1.807, 2.05) is 0 Å². The molecule has 0 amide bonds. The van der Waals surface area contributed by atoms with Gasteiger partial charge in [0.1, 0.15) is 0 Å². The van der Waals surface area contributed by atoms with Crippen molar-refractivity contribution in [3.05, 3.63) is 42.6 Å². The molecule has 0 nitrogen and oxygen atoms in total. The first kappa shape index (κ1) is 16.0. The molecule has 0 bridgehead atoms. The minimum atomic E-state index is -3.67. The molecular formula is C7H6BF4K. The minimum Gasteiger partial charge on any atom is -0.284 e. The van der Waals surface area contributed by atoms with Gasteiger partial charge in [0.2, 0.25) is 0 Å². The summed E-state index contributed by atoms with van der Waals surface area (Å²) in [6.45, 7) is 3.45. The summed E-state index contributed by atoms with van der Waals surface area (Å²) < 4.78 is 41.3. The maximum atomic E-state index is 12.3. The molecule has 0 atom stereocenters. The van der Waals surface area contributed by atoms with Crippen molar-refractivity contribution in [1.29, 1.82) is 0 Å². The van der Waals surface area contributed by atoms with Gasteiger partial charge in [-0.15, -0.1) is 6.07 Å². The Hall–Kier alpha value is 0.511. The molecule has 0 fully saturated rings. The molecule has 0 aromatic heterocycles. The Morgan fingerprint density at radius 1 is 1.08 bits per heavy atom. The standard InChI is InChI=1S/C7H6F.BF3.K/c1-6-4-2-3-5-7(6)8;2-1(3)4;/h2-5H,1H2;;/q-1;;+1. The first-order valence-electron chi connectivity index (χ1n) is 3.02. The Morgan fingerprint density at radius 2 is 1.46 bits per heavy atom. The van der Waals surface area contributed by atoms with E-state index < -0.39 is 7.54 Å². The first-order valence-corrected chi connectivity index (χ1v) is 3.02. The topological polar surface area (TPSA) is 0 Å². The molecule has 0 radical (unpaired) electrons. The molecule has 0 aliphatic rings. The molecule has 66 valence electrons. The average molecular weight is 216 g/mol. The van der Waals surface area contributed by atoms with Crippen molar-refractivity contribution in [3.63, 3.8) is 0 Å². The van der Waals surface area contributed by atoms with Crippen LogP contribution >= 0.6 is 0 Å². The van der Waals surface area contributed by atoms with E-state index in [9.17, 15) is 17.3 Å². The largest absolute Gasteiger partial charge is 1.00 e. The molecule has 1 rings (SSSR count). The molecule has 13 heavy (non-hydrogen) atoms. The fourth-order valence-corrected chi connectivity index (χ4v) is 0.498. The van der Waals surface area contributed by atoms with Crippen molar-refractivity contribution in [2.45, 2.75) is 0 Å². The molecule has 0 N–H and O–H groups in total. The predicted octanol–water partition coefficient (Wildman–Crippen LogP) is -0.108. The normalized spacial score (nSPS) is 7.69. The van der Waals surface area contributed by atoms with Gasteiger partial charge >= 0.3 is 58.9 Å². The predicted molar refractivity (Wildman–Crippen MR) is 39.9 cm³/mol. The Balaban J connectivity index is 0. The molecule has 0 heterocycles. The van der Waals surface area contributed by atoms with Gasteiger partial charge in [-0.1, -0.05) is 12.1 Å². The van der Waals surface area contributed by atoms with Crippen molar-refractivity contribution in [1.82, 2.24) is 0 Å². The molecule has 0 aliphatic carbocycles. The van der Waals surface area contributed by atoms with E-state index in [1.54, 1.807) is 18.2 Å². The van der Waals surface area contributed by atoms with E-state index in [1.165, 1.54) is 6.07 Å². The van der Waals surface area contributed by atoms with Crippen LogP contribution in [0.2, 0.25) is 0 Å². The van der Waals surface area contributed by atoms with Crippen molar-refractivity contribution in [2.24, 2.45) is 0 Å². The van der Waals surface area contributed by atoms with Gasteiger partial charge in [0, 0.05) is 5.82 Å². The van der Waals surface area contributed by atoms with E-state index in [-0.39, 0.29) is 57.2 Å². The van der Waals surface area contributed by atoms with Crippen LogP contribution in [0.1, 0.15) is 5.56 Å². The minimum absolute atomic E-state index is 0. The number of hydrogen-bond acceptors (Lipinski definition) is 0. The molecule has 0 unspecified atom stereocenters. The molecule has 1 aromatic carbocycles. The van der Waals surface area contributed by atoms with Crippen molar-refractivity contribution < 1.29 is 68.7 Å². The summed E-state index contributed by atoms with van der Waals surface area (Å²) in [5.74, 6) is -0.243. The van der Waals surface area contributed by atoms with Crippen molar-refractivity contribution in [3.8, 4) is 0 Å². The molecule has 1 aromatic rings. The van der Waals surface area contributed by atoms with Crippen LogP contribution in [0.5, 0.6) is 0 Å². The molecule has 0 saturated heterocycles. The Morgan fingerprint density at radius 3 is 1.69 bits per heavy atom. The second-order valence-corrected chi connectivity index (χ2v) is 1.84. The SMILES string of the molecule is FB(F)F.[CH2-]c1ccccc1F.[K+]. The number of rotatable bonds is 0. The van der Waals surface area contributed by atoms with Gasteiger partial charge < -0.3 is 0 Å². The Bertz CT molecular complexity index is 208. The Kier molecular flexibility index (Phi) is 11.1. The van der Waals surface area contributed by atoms with Crippen LogP contribution in [0.25, 0.3) is 0 Å². The summed E-state index contributed by atoms with van der Waals surface area (Å²) in [4.78, 5) is 0. The smallest absolute Gasteiger partial charge is 0.284 e. The summed E-state index contributed by atoms with van der Waals surface area (Å²) in [6, 6.07) is 6.42. The van der Waals surface area contributed by atoms with Gasteiger partial charge in [0.05, 0.1) is 0 Å². The van der Waals surface area contributed by atoms with Gasteiger partial charge in [0.25, 0.3) is 0 Å². The maximum absolute atomic E-state index is 12.3. The second-order valence-electron chi connectivity index (χ2n) is 1.84. The second kappa shape index (κ2) is 9.08. The van der Waals surface area contributed by atoms with Crippen LogP contribution in [-0.4, -0.2) is 7.54 Å². The quantitative estimate of drug-likeness (QED) is 0.322. The zero-order chi connectivity index (χ0) is 9.56. The number of benzene rings is 1. The monoisotopic (exact) mass is 216 g/mol. The van der Waals surface area contributed by atoms with Gasteiger partial charge in [0.15, 0.2) is 0 Å². The molecule has 6 heteroatoms. The van der Waals surface area contributed by atoms with E-state index in [2.05, 4.69) is 6.92 Å². The van der Waals surface area contributed by atoms with Crippen LogP contribution in [0.15, 0.2) is 24.3 Å². The van der Waals surface area contributed by atoms with Crippen LogP contribution < -0.4 is 51.4 Å². The molecular weight excluding hydrogens is 210 g/mol. The fourth-order valence-electron chi connectivity index (χ4n) is 0.498. The zero-order valence-corrected chi connectivity index (χ0v) is 10.2. The van der Waals surface area contributed by atoms with E-state index in [0.29, 0.717) is 5.56 Å². The first-order chi connectivity index (χ1) is 5.54. The van der Waals surface area contributed by atoms with Gasteiger partial charge in [-0.25, -0.2) is 0 Å². The summed E-state index contributed by atoms with van der Waals surface area (Å²) >= 11 is 0. The van der Waals surface area contributed by atoms with E-state index >= 15 is 0 Å². The summed E-state index contributed by atoms with van der Waals surface area (Å²) in [5.41, 5.74) is 0.451. The summed E-state index contributed by atoms with van der Waals surface area (Å²) in [6.07, 6.45) is 0. The third-order valence-electron chi connectivity index (χ3n) is 0.958. The summed E-state index contributed by atoms with van der Waals surface area (Å²) in [7, 11) is -3.67.